The Bertz CT molecular complexity index is 1150. The number of carbonyl (C=O) groups is 4. The predicted molar refractivity (Wildman–Crippen MR) is 124 cm³/mol. The van der Waals surface area contributed by atoms with Crippen molar-refractivity contribution >= 4 is 40.7 Å². The molecule has 0 aliphatic carbocycles. The van der Waals surface area contributed by atoms with Crippen LogP contribution < -0.4 is 10.2 Å². The summed E-state index contributed by atoms with van der Waals surface area (Å²) in [6.07, 6.45) is -1.21. The summed E-state index contributed by atoms with van der Waals surface area (Å²) < 4.78 is 10.4. The van der Waals surface area contributed by atoms with Crippen LogP contribution in [0.1, 0.15) is 23.7 Å². The lowest BCUT2D eigenvalue weighted by atomic mass is 10.1. The Morgan fingerprint density at radius 3 is 2.40 bits per heavy atom. The number of methoxy groups -OCH3 is 2. The summed E-state index contributed by atoms with van der Waals surface area (Å²) in [5, 5.41) is 13.8. The van der Waals surface area contributed by atoms with Gasteiger partial charge >= 0.3 is 0 Å². The van der Waals surface area contributed by atoms with Gasteiger partial charge < -0.3 is 19.7 Å². The van der Waals surface area contributed by atoms with E-state index in [4.69, 9.17) is 9.47 Å². The van der Waals surface area contributed by atoms with Crippen LogP contribution in [0.15, 0.2) is 48.5 Å². The minimum Gasteiger partial charge on any atom is -0.354 e. The van der Waals surface area contributed by atoms with E-state index in [2.05, 4.69) is 5.32 Å². The van der Waals surface area contributed by atoms with E-state index in [1.54, 1.807) is 12.1 Å². The van der Waals surface area contributed by atoms with E-state index in [1.165, 1.54) is 51.5 Å². The highest BCUT2D eigenvalue weighted by Crippen LogP contribution is 2.28. The summed E-state index contributed by atoms with van der Waals surface area (Å²) in [5.74, 6) is -2.14. The van der Waals surface area contributed by atoms with Crippen LogP contribution in [0.25, 0.3) is 0 Å². The lowest BCUT2D eigenvalue weighted by Gasteiger charge is -2.30. The van der Waals surface area contributed by atoms with Gasteiger partial charge in [-0.05, 0) is 30.3 Å². The Morgan fingerprint density at radius 1 is 1.17 bits per heavy atom. The van der Waals surface area contributed by atoms with Crippen molar-refractivity contribution in [3.63, 3.8) is 0 Å². The normalized spacial score (nSPS) is 15.4. The van der Waals surface area contributed by atoms with Gasteiger partial charge in [0.15, 0.2) is 6.29 Å². The molecule has 1 fully saturated rings. The number of nitrogens with zero attached hydrogens (tertiary/aromatic N) is 3. The third-order valence-electron chi connectivity index (χ3n) is 5.38. The number of hydrogen-bond donors (Lipinski definition) is 1. The number of ether oxygens (including phenoxy) is 2. The van der Waals surface area contributed by atoms with Crippen LogP contribution in [0.2, 0.25) is 0 Å². The molecule has 1 unspecified atom stereocenters. The van der Waals surface area contributed by atoms with E-state index >= 15 is 0 Å². The fourth-order valence-corrected chi connectivity index (χ4v) is 3.70. The standard InChI is InChI=1S/C23H24N4O8/c1-14(28)24-16-7-9-17(10-8-16)26-20(29)12-19(23(26)31)25(13-21(34-2)35-3)22(30)15-5-4-6-18(11-15)27(32)33/h4-11,19,21H,12-13H2,1-3H3,(H,24,28). The van der Waals surface area contributed by atoms with Crippen molar-refractivity contribution in [3.8, 4) is 0 Å². The van der Waals surface area contributed by atoms with Crippen molar-refractivity contribution in [1.29, 1.82) is 0 Å². The number of nitro groups is 1. The molecule has 35 heavy (non-hydrogen) atoms. The monoisotopic (exact) mass is 484 g/mol. The second-order valence-electron chi connectivity index (χ2n) is 7.68. The topological polar surface area (TPSA) is 148 Å². The summed E-state index contributed by atoms with van der Waals surface area (Å²) >= 11 is 0. The molecule has 184 valence electrons. The fraction of sp³-hybridized carbons (Fsp3) is 0.304. The van der Waals surface area contributed by atoms with E-state index in [1.807, 2.05) is 0 Å². The van der Waals surface area contributed by atoms with Crippen molar-refractivity contribution in [2.24, 2.45) is 0 Å². The third-order valence-corrected chi connectivity index (χ3v) is 5.38. The minimum absolute atomic E-state index is 0.0245. The molecule has 3 rings (SSSR count). The van der Waals surface area contributed by atoms with E-state index in [-0.39, 0.29) is 35.8 Å². The maximum atomic E-state index is 13.4. The number of hydrogen-bond acceptors (Lipinski definition) is 8. The Balaban J connectivity index is 1.93. The third kappa shape index (κ3) is 5.67. The number of nitro benzene ring substituents is 1. The summed E-state index contributed by atoms with van der Waals surface area (Å²) in [6.45, 7) is 1.15. The fourth-order valence-electron chi connectivity index (χ4n) is 3.70. The molecule has 4 amide bonds. The molecule has 0 spiro atoms. The highest BCUT2D eigenvalue weighted by molar-refractivity contribution is 6.23. The average Bonchev–Trinajstić information content (AvgIpc) is 3.13. The molecule has 1 atom stereocenters. The first kappa shape index (κ1) is 25.5. The number of anilines is 2. The van der Waals surface area contributed by atoms with E-state index in [0.717, 1.165) is 15.9 Å². The Labute approximate surface area is 200 Å². The molecule has 1 aliphatic rings. The van der Waals surface area contributed by atoms with Crippen LogP contribution >= 0.6 is 0 Å². The molecule has 1 saturated heterocycles. The first-order valence-corrected chi connectivity index (χ1v) is 10.5. The first-order valence-electron chi connectivity index (χ1n) is 10.5. The number of non-ortho nitro benzene ring substituents is 1. The summed E-state index contributed by atoms with van der Waals surface area (Å²) in [7, 11) is 2.71. The average molecular weight is 484 g/mol. The number of carbonyl (C=O) groups excluding carboxylic acids is 4. The summed E-state index contributed by atoms with van der Waals surface area (Å²) in [5.41, 5.74) is 0.445. The molecular formula is C23H24N4O8. The summed E-state index contributed by atoms with van der Waals surface area (Å²) in [6, 6.07) is 10.00. The van der Waals surface area contributed by atoms with Gasteiger partial charge in [0.2, 0.25) is 11.8 Å². The second kappa shape index (κ2) is 10.8. The summed E-state index contributed by atoms with van der Waals surface area (Å²) in [4.78, 5) is 63.4. The Hall–Kier alpha value is -4.16. The highest BCUT2D eigenvalue weighted by atomic mass is 16.7. The van der Waals surface area contributed by atoms with Crippen LogP contribution in [-0.4, -0.2) is 66.5 Å². The predicted octanol–water partition coefficient (Wildman–Crippen LogP) is 1.95. The van der Waals surface area contributed by atoms with E-state index < -0.39 is 35.0 Å². The number of amides is 4. The minimum atomic E-state index is -1.18. The number of benzene rings is 2. The maximum Gasteiger partial charge on any atom is 0.270 e. The van der Waals surface area contributed by atoms with Gasteiger partial charge in [-0.15, -0.1) is 0 Å². The zero-order valence-corrected chi connectivity index (χ0v) is 19.3. The smallest absolute Gasteiger partial charge is 0.270 e. The van der Waals surface area contributed by atoms with Crippen LogP contribution in [0.5, 0.6) is 0 Å². The number of nitrogens with one attached hydrogen (secondary N) is 1. The van der Waals surface area contributed by atoms with Gasteiger partial charge in [-0.3, -0.25) is 29.3 Å². The Kier molecular flexibility index (Phi) is 7.89. The SMILES string of the molecule is COC(CN(C(=O)c1cccc([N+](=O)[O-])c1)C1CC(=O)N(c2ccc(NC(C)=O)cc2)C1=O)OC. The molecule has 0 aromatic heterocycles. The highest BCUT2D eigenvalue weighted by Gasteiger charge is 2.45. The second-order valence-corrected chi connectivity index (χ2v) is 7.68. The van der Waals surface area contributed by atoms with Gasteiger partial charge in [-0.1, -0.05) is 6.07 Å². The molecule has 1 heterocycles. The van der Waals surface area contributed by atoms with Crippen molar-refractivity contribution in [3.05, 3.63) is 64.2 Å². The van der Waals surface area contributed by atoms with Crippen molar-refractivity contribution in [2.75, 3.05) is 31.0 Å². The molecule has 12 heteroatoms. The lowest BCUT2D eigenvalue weighted by Crippen LogP contribution is -2.49. The number of rotatable bonds is 9. The van der Waals surface area contributed by atoms with E-state index in [9.17, 15) is 29.3 Å². The van der Waals surface area contributed by atoms with Gasteiger partial charge in [-0.25, -0.2) is 4.90 Å². The van der Waals surface area contributed by atoms with Gasteiger partial charge in [0.1, 0.15) is 6.04 Å². The van der Waals surface area contributed by atoms with Crippen molar-refractivity contribution < 1.29 is 33.6 Å². The van der Waals surface area contributed by atoms with Crippen molar-refractivity contribution in [2.45, 2.75) is 25.7 Å². The zero-order valence-electron chi connectivity index (χ0n) is 19.3. The molecular weight excluding hydrogens is 460 g/mol. The molecule has 12 nitrogen and oxygen atoms in total. The molecule has 2 aromatic rings. The molecule has 1 N–H and O–H groups in total. The number of imide groups is 1. The molecule has 1 aliphatic heterocycles. The zero-order chi connectivity index (χ0) is 25.7. The van der Waals surface area contributed by atoms with Gasteiger partial charge in [0, 0.05) is 44.5 Å². The van der Waals surface area contributed by atoms with E-state index in [0.29, 0.717) is 5.69 Å². The largest absolute Gasteiger partial charge is 0.354 e. The first-order chi connectivity index (χ1) is 16.7. The molecule has 0 saturated carbocycles. The molecule has 2 aromatic carbocycles. The van der Waals surface area contributed by atoms with Gasteiger partial charge in [0.05, 0.1) is 23.6 Å². The maximum absolute atomic E-state index is 13.4. The molecule has 0 bridgehead atoms. The lowest BCUT2D eigenvalue weighted by molar-refractivity contribution is -0.384. The van der Waals surface area contributed by atoms with Gasteiger partial charge in [-0.2, -0.15) is 0 Å². The quantitative estimate of drug-likeness (QED) is 0.246. The Morgan fingerprint density at radius 2 is 1.83 bits per heavy atom. The van der Waals surface area contributed by atoms with Crippen LogP contribution in [0.4, 0.5) is 17.1 Å². The van der Waals surface area contributed by atoms with Crippen LogP contribution in [0.3, 0.4) is 0 Å². The van der Waals surface area contributed by atoms with Crippen molar-refractivity contribution in [1.82, 2.24) is 4.90 Å². The van der Waals surface area contributed by atoms with Gasteiger partial charge in [0.25, 0.3) is 17.5 Å². The van der Waals surface area contributed by atoms with Crippen LogP contribution in [0, 0.1) is 10.1 Å². The molecule has 0 radical (unpaired) electrons. The van der Waals surface area contributed by atoms with Crippen LogP contribution in [-0.2, 0) is 23.9 Å².